The first-order valence-electron chi connectivity index (χ1n) is 6.47. The van der Waals surface area contributed by atoms with Crippen LogP contribution in [0.15, 0.2) is 0 Å². The zero-order valence-electron chi connectivity index (χ0n) is 10.9. The molecule has 1 atom stereocenters. The maximum absolute atomic E-state index is 4.24. The van der Waals surface area contributed by atoms with Crippen molar-refractivity contribution in [2.75, 3.05) is 18.9 Å². The third-order valence-corrected chi connectivity index (χ3v) is 4.24. The van der Waals surface area contributed by atoms with E-state index in [1.807, 2.05) is 0 Å². The van der Waals surface area contributed by atoms with Gasteiger partial charge in [-0.25, -0.2) is 0 Å². The van der Waals surface area contributed by atoms with Gasteiger partial charge in [0, 0.05) is 12.6 Å². The Morgan fingerprint density at radius 1 is 1.47 bits per heavy atom. The third kappa shape index (κ3) is 3.64. The average molecular weight is 254 g/mol. The zero-order valence-corrected chi connectivity index (χ0v) is 11.8. The van der Waals surface area contributed by atoms with Crippen molar-refractivity contribution in [2.45, 2.75) is 45.7 Å². The van der Waals surface area contributed by atoms with Crippen LogP contribution in [0, 0.1) is 5.92 Å². The Kier molecular flexibility index (Phi) is 4.34. The van der Waals surface area contributed by atoms with Gasteiger partial charge in [0.25, 0.3) is 0 Å². The average Bonchev–Trinajstić information content (AvgIpc) is 3.08. The fraction of sp³-hybridized carbons (Fsp3) is 0.833. The fourth-order valence-corrected chi connectivity index (χ4v) is 2.75. The molecule has 1 heterocycles. The van der Waals surface area contributed by atoms with Crippen LogP contribution in [0.4, 0.5) is 5.13 Å². The molecule has 0 aliphatic heterocycles. The van der Waals surface area contributed by atoms with Crippen molar-refractivity contribution in [2.24, 2.45) is 5.92 Å². The SMILES string of the molecule is CCCNc1nnc(CN(C)C(C)C2CC2)s1. The van der Waals surface area contributed by atoms with Crippen LogP contribution in [0.2, 0.25) is 0 Å². The van der Waals surface area contributed by atoms with Crippen LogP contribution in [-0.4, -0.2) is 34.7 Å². The van der Waals surface area contributed by atoms with E-state index in [0.29, 0.717) is 6.04 Å². The van der Waals surface area contributed by atoms with Crippen LogP contribution in [0.3, 0.4) is 0 Å². The molecule has 1 fully saturated rings. The summed E-state index contributed by atoms with van der Waals surface area (Å²) in [6, 6.07) is 0.672. The standard InChI is InChI=1S/C12H22N4S/c1-4-7-13-12-15-14-11(17-12)8-16(3)9(2)10-5-6-10/h9-10H,4-8H2,1-3H3,(H,13,15). The van der Waals surface area contributed by atoms with Crippen molar-refractivity contribution >= 4 is 16.5 Å². The van der Waals surface area contributed by atoms with E-state index in [1.165, 1.54) is 12.8 Å². The first kappa shape index (κ1) is 12.8. The smallest absolute Gasteiger partial charge is 0.205 e. The Balaban J connectivity index is 1.82. The van der Waals surface area contributed by atoms with Gasteiger partial charge in [0.05, 0.1) is 6.54 Å². The molecule has 5 heteroatoms. The summed E-state index contributed by atoms with van der Waals surface area (Å²) in [7, 11) is 2.18. The monoisotopic (exact) mass is 254 g/mol. The third-order valence-electron chi connectivity index (χ3n) is 3.38. The molecule has 0 spiro atoms. The lowest BCUT2D eigenvalue weighted by Gasteiger charge is -2.22. The Morgan fingerprint density at radius 2 is 2.24 bits per heavy atom. The predicted octanol–water partition coefficient (Wildman–Crippen LogP) is 2.59. The van der Waals surface area contributed by atoms with Crippen molar-refractivity contribution in [3.05, 3.63) is 5.01 Å². The van der Waals surface area contributed by atoms with Crippen molar-refractivity contribution < 1.29 is 0 Å². The summed E-state index contributed by atoms with van der Waals surface area (Å²) in [6.45, 7) is 6.36. The van der Waals surface area contributed by atoms with Gasteiger partial charge >= 0.3 is 0 Å². The Labute approximate surface area is 107 Å². The number of rotatable bonds is 7. The van der Waals surface area contributed by atoms with Gasteiger partial charge in [-0.3, -0.25) is 4.90 Å². The van der Waals surface area contributed by atoms with E-state index in [2.05, 4.69) is 41.3 Å². The molecule has 1 N–H and O–H groups in total. The minimum absolute atomic E-state index is 0.672. The second-order valence-electron chi connectivity index (χ2n) is 4.92. The highest BCUT2D eigenvalue weighted by atomic mass is 32.1. The van der Waals surface area contributed by atoms with Gasteiger partial charge in [-0.15, -0.1) is 10.2 Å². The quantitative estimate of drug-likeness (QED) is 0.812. The minimum atomic E-state index is 0.672. The van der Waals surface area contributed by atoms with Crippen molar-refractivity contribution in [1.29, 1.82) is 0 Å². The molecular weight excluding hydrogens is 232 g/mol. The number of hydrogen-bond acceptors (Lipinski definition) is 5. The summed E-state index contributed by atoms with van der Waals surface area (Å²) in [6.07, 6.45) is 3.91. The molecule has 96 valence electrons. The molecule has 1 aliphatic rings. The van der Waals surface area contributed by atoms with Crippen LogP contribution in [0.5, 0.6) is 0 Å². The molecule has 0 aromatic carbocycles. The van der Waals surface area contributed by atoms with Crippen molar-refractivity contribution in [1.82, 2.24) is 15.1 Å². The largest absolute Gasteiger partial charge is 0.360 e. The summed E-state index contributed by atoms with van der Waals surface area (Å²) < 4.78 is 0. The molecule has 1 aromatic heterocycles. The van der Waals surface area contributed by atoms with Gasteiger partial charge in [-0.05, 0) is 39.2 Å². The Bertz CT molecular complexity index is 348. The van der Waals surface area contributed by atoms with E-state index in [4.69, 9.17) is 0 Å². The van der Waals surface area contributed by atoms with E-state index in [9.17, 15) is 0 Å². The van der Waals surface area contributed by atoms with Crippen molar-refractivity contribution in [3.8, 4) is 0 Å². The van der Waals surface area contributed by atoms with Gasteiger partial charge in [-0.2, -0.15) is 0 Å². The summed E-state index contributed by atoms with van der Waals surface area (Å²) >= 11 is 1.68. The van der Waals surface area contributed by atoms with Crippen molar-refractivity contribution in [3.63, 3.8) is 0 Å². The number of hydrogen-bond donors (Lipinski definition) is 1. The van der Waals surface area contributed by atoms with Crippen LogP contribution in [0.25, 0.3) is 0 Å². The molecule has 0 radical (unpaired) electrons. The molecule has 1 unspecified atom stereocenters. The van der Waals surface area contributed by atoms with E-state index >= 15 is 0 Å². The number of nitrogens with one attached hydrogen (secondary N) is 1. The summed E-state index contributed by atoms with van der Waals surface area (Å²) in [4.78, 5) is 2.39. The number of nitrogens with zero attached hydrogens (tertiary/aromatic N) is 3. The normalized spacial score (nSPS) is 17.4. The minimum Gasteiger partial charge on any atom is -0.360 e. The number of aromatic nitrogens is 2. The van der Waals surface area contributed by atoms with Gasteiger partial charge in [0.2, 0.25) is 5.13 Å². The molecule has 2 rings (SSSR count). The zero-order chi connectivity index (χ0) is 12.3. The molecule has 1 aromatic rings. The van der Waals surface area contributed by atoms with E-state index in [0.717, 1.165) is 35.6 Å². The van der Waals surface area contributed by atoms with Crippen LogP contribution in [0.1, 0.15) is 38.1 Å². The molecule has 0 amide bonds. The van der Waals surface area contributed by atoms with Gasteiger partial charge in [0.1, 0.15) is 5.01 Å². The maximum atomic E-state index is 4.24. The summed E-state index contributed by atoms with van der Waals surface area (Å²) in [5, 5.41) is 13.7. The first-order valence-corrected chi connectivity index (χ1v) is 7.28. The van der Waals surface area contributed by atoms with Gasteiger partial charge in [0.15, 0.2) is 0 Å². The highest BCUT2D eigenvalue weighted by Gasteiger charge is 2.30. The lowest BCUT2D eigenvalue weighted by atomic mass is 10.2. The van der Waals surface area contributed by atoms with E-state index in [-0.39, 0.29) is 0 Å². The molecule has 1 saturated carbocycles. The Hall–Kier alpha value is -0.680. The molecule has 0 saturated heterocycles. The number of anilines is 1. The second-order valence-corrected chi connectivity index (χ2v) is 5.98. The fourth-order valence-electron chi connectivity index (χ4n) is 1.92. The molecule has 0 bridgehead atoms. The van der Waals surface area contributed by atoms with Gasteiger partial charge < -0.3 is 5.32 Å². The second kappa shape index (κ2) is 5.78. The topological polar surface area (TPSA) is 41.1 Å². The highest BCUT2D eigenvalue weighted by Crippen LogP contribution is 2.35. The maximum Gasteiger partial charge on any atom is 0.205 e. The highest BCUT2D eigenvalue weighted by molar-refractivity contribution is 7.15. The van der Waals surface area contributed by atoms with E-state index in [1.54, 1.807) is 11.3 Å². The molecule has 1 aliphatic carbocycles. The lowest BCUT2D eigenvalue weighted by molar-refractivity contribution is 0.226. The first-order chi connectivity index (χ1) is 8.20. The summed E-state index contributed by atoms with van der Waals surface area (Å²) in [5.74, 6) is 0.908. The summed E-state index contributed by atoms with van der Waals surface area (Å²) in [5.41, 5.74) is 0. The van der Waals surface area contributed by atoms with Gasteiger partial charge in [-0.1, -0.05) is 18.3 Å². The van der Waals surface area contributed by atoms with Crippen LogP contribution < -0.4 is 5.32 Å². The van der Waals surface area contributed by atoms with Crippen LogP contribution >= 0.6 is 11.3 Å². The molecule has 17 heavy (non-hydrogen) atoms. The van der Waals surface area contributed by atoms with E-state index < -0.39 is 0 Å². The predicted molar refractivity (Wildman–Crippen MR) is 72.3 cm³/mol. The molecule has 4 nitrogen and oxygen atoms in total. The Morgan fingerprint density at radius 3 is 2.88 bits per heavy atom. The molecular formula is C12H22N4S. The lowest BCUT2D eigenvalue weighted by Crippen LogP contribution is -2.30. The van der Waals surface area contributed by atoms with Crippen LogP contribution in [-0.2, 0) is 6.54 Å².